The maximum atomic E-state index is 13.0. The van der Waals surface area contributed by atoms with Crippen LogP contribution in [0, 0.1) is 18.5 Å². The first-order valence-electron chi connectivity index (χ1n) is 11.2. The number of carbonyl (C=O) groups excluding carboxylic acids is 2. The Morgan fingerprint density at radius 3 is 2.42 bits per heavy atom. The quantitative estimate of drug-likeness (QED) is 0.142. The molecule has 0 radical (unpaired) electrons. The molecular weight excluding hydrogens is 730 g/mol. The summed E-state index contributed by atoms with van der Waals surface area (Å²) in [6.07, 6.45) is 3.59. The number of hydrogen-bond acceptors (Lipinski definition) is 8. The Kier molecular flexibility index (Phi) is 9.48. The van der Waals surface area contributed by atoms with E-state index in [0.29, 0.717) is 12.7 Å². The molecule has 192 valence electrons. The average molecular weight is 750 g/mol. The van der Waals surface area contributed by atoms with Gasteiger partial charge in [-0.2, -0.15) is 5.26 Å². The minimum atomic E-state index is -0.910. The molecule has 38 heavy (non-hydrogen) atoms. The van der Waals surface area contributed by atoms with E-state index in [1.54, 1.807) is 48.8 Å². The molecule has 0 saturated carbocycles. The van der Waals surface area contributed by atoms with E-state index in [9.17, 15) is 14.7 Å². The fourth-order valence-corrected chi connectivity index (χ4v) is 6.12. The highest BCUT2D eigenvalue weighted by Crippen LogP contribution is 2.29. The van der Waals surface area contributed by atoms with Crippen LogP contribution in [-0.4, -0.2) is 39.5 Å². The van der Waals surface area contributed by atoms with E-state index in [1.165, 1.54) is 11.3 Å². The van der Waals surface area contributed by atoms with Crippen molar-refractivity contribution >= 4 is 79.2 Å². The SMILES string of the molecule is N#CCNC(=O)[C@H](Cc1cc(I)c(O)c(I)c1)NC(=O)c1ccc(-c2csc(Nc3ccncc3)n2)cc1. The molecule has 0 fully saturated rings. The van der Waals surface area contributed by atoms with Gasteiger partial charge in [-0.05, 0) is 87.1 Å². The lowest BCUT2D eigenvalue weighted by Crippen LogP contribution is -2.48. The summed E-state index contributed by atoms with van der Waals surface area (Å²) in [5, 5.41) is 30.1. The smallest absolute Gasteiger partial charge is 0.251 e. The lowest BCUT2D eigenvalue weighted by Gasteiger charge is -2.19. The van der Waals surface area contributed by atoms with Crippen LogP contribution >= 0.6 is 56.5 Å². The molecule has 9 nitrogen and oxygen atoms in total. The second-order valence-electron chi connectivity index (χ2n) is 7.99. The third kappa shape index (κ3) is 7.17. The average Bonchev–Trinajstić information content (AvgIpc) is 3.39. The van der Waals surface area contributed by atoms with Crippen molar-refractivity contribution in [1.29, 1.82) is 5.26 Å². The normalized spacial score (nSPS) is 11.3. The Morgan fingerprint density at radius 2 is 1.76 bits per heavy atom. The topological polar surface area (TPSA) is 140 Å². The zero-order valence-electron chi connectivity index (χ0n) is 19.6. The standard InChI is InChI=1S/C26H20I2N6O3S/c27-19-11-15(12-20(28)23(19)35)13-21(25(37)31-10-7-29)33-24(36)17-3-1-16(2-4-17)22-14-38-26(34-22)32-18-5-8-30-9-6-18/h1-6,8-9,11-12,14,21,35H,10,13H2,(H,31,37)(H,33,36)(H,30,32,34)/t21-/m0/s1. The molecule has 0 bridgehead atoms. The van der Waals surface area contributed by atoms with Crippen LogP contribution in [0.3, 0.4) is 0 Å². The second-order valence-corrected chi connectivity index (χ2v) is 11.2. The first-order chi connectivity index (χ1) is 18.3. The van der Waals surface area contributed by atoms with Gasteiger partial charge in [0.1, 0.15) is 18.3 Å². The summed E-state index contributed by atoms with van der Waals surface area (Å²) in [5.74, 6) is -0.716. The number of aromatic hydroxyl groups is 1. The van der Waals surface area contributed by atoms with E-state index in [1.807, 2.05) is 68.8 Å². The summed E-state index contributed by atoms with van der Waals surface area (Å²) < 4.78 is 1.28. The number of carbonyl (C=O) groups is 2. The first kappa shape index (κ1) is 27.7. The highest BCUT2D eigenvalue weighted by atomic mass is 127. The van der Waals surface area contributed by atoms with E-state index >= 15 is 0 Å². The molecule has 1 atom stereocenters. The molecule has 0 saturated heterocycles. The fourth-order valence-electron chi connectivity index (χ4n) is 3.49. The van der Waals surface area contributed by atoms with Crippen LogP contribution in [0.25, 0.3) is 11.3 Å². The van der Waals surface area contributed by atoms with E-state index in [0.717, 1.165) is 27.6 Å². The summed E-state index contributed by atoms with van der Waals surface area (Å²) in [6, 6.07) is 15.1. The molecule has 0 unspecified atom stereocenters. The van der Waals surface area contributed by atoms with Crippen molar-refractivity contribution < 1.29 is 14.7 Å². The van der Waals surface area contributed by atoms with Gasteiger partial charge < -0.3 is 21.1 Å². The number of aromatic nitrogens is 2. The van der Waals surface area contributed by atoms with Crippen molar-refractivity contribution in [3.8, 4) is 23.1 Å². The Hall–Kier alpha value is -3.29. The van der Waals surface area contributed by atoms with E-state index < -0.39 is 17.9 Å². The third-order valence-electron chi connectivity index (χ3n) is 5.36. The van der Waals surface area contributed by atoms with Crippen molar-refractivity contribution in [1.82, 2.24) is 20.6 Å². The lowest BCUT2D eigenvalue weighted by atomic mass is 10.0. The van der Waals surface area contributed by atoms with Crippen LogP contribution in [0.2, 0.25) is 0 Å². The molecule has 2 heterocycles. The van der Waals surface area contributed by atoms with Gasteiger partial charge in [0.15, 0.2) is 5.13 Å². The number of phenols is 1. The first-order valence-corrected chi connectivity index (χ1v) is 14.2. The monoisotopic (exact) mass is 750 g/mol. The van der Waals surface area contributed by atoms with Crippen LogP contribution in [0.1, 0.15) is 15.9 Å². The number of amides is 2. The largest absolute Gasteiger partial charge is 0.506 e. The van der Waals surface area contributed by atoms with Crippen molar-refractivity contribution in [2.24, 2.45) is 0 Å². The van der Waals surface area contributed by atoms with Gasteiger partial charge >= 0.3 is 0 Å². The van der Waals surface area contributed by atoms with Gasteiger partial charge in [-0.25, -0.2) is 4.98 Å². The van der Waals surface area contributed by atoms with Crippen molar-refractivity contribution in [2.45, 2.75) is 12.5 Å². The highest BCUT2D eigenvalue weighted by Gasteiger charge is 2.23. The van der Waals surface area contributed by atoms with Gasteiger partial charge in [0.25, 0.3) is 5.91 Å². The van der Waals surface area contributed by atoms with Gasteiger partial charge in [-0.3, -0.25) is 14.6 Å². The Balaban J connectivity index is 1.46. The minimum absolute atomic E-state index is 0.170. The summed E-state index contributed by atoms with van der Waals surface area (Å²) in [4.78, 5) is 34.4. The molecule has 0 aliphatic rings. The number of nitrogens with one attached hydrogen (secondary N) is 3. The number of phenolic OH excluding ortho intramolecular Hbond substituents is 1. The molecule has 2 aromatic carbocycles. The lowest BCUT2D eigenvalue weighted by molar-refractivity contribution is -0.122. The Morgan fingerprint density at radius 1 is 1.08 bits per heavy atom. The predicted octanol–water partition coefficient (Wildman–Crippen LogP) is 4.84. The number of anilines is 2. The van der Waals surface area contributed by atoms with Gasteiger partial charge in [0, 0.05) is 41.0 Å². The summed E-state index contributed by atoms with van der Waals surface area (Å²) in [6.45, 7) is -0.170. The van der Waals surface area contributed by atoms with Gasteiger partial charge in [0.2, 0.25) is 5.91 Å². The number of benzene rings is 2. The van der Waals surface area contributed by atoms with Crippen LogP contribution in [-0.2, 0) is 11.2 Å². The Bertz CT molecular complexity index is 1470. The van der Waals surface area contributed by atoms with Crippen molar-refractivity contribution in [3.05, 3.63) is 84.6 Å². The predicted molar refractivity (Wildman–Crippen MR) is 162 cm³/mol. The number of nitriles is 1. The molecule has 0 aliphatic carbocycles. The number of pyridine rings is 1. The molecule has 12 heteroatoms. The van der Waals surface area contributed by atoms with Crippen molar-refractivity contribution in [2.75, 3.05) is 11.9 Å². The number of halogens is 2. The molecule has 4 aromatic rings. The van der Waals surface area contributed by atoms with E-state index in [4.69, 9.17) is 5.26 Å². The van der Waals surface area contributed by atoms with Gasteiger partial charge in [-0.1, -0.05) is 12.1 Å². The van der Waals surface area contributed by atoms with Gasteiger partial charge in [-0.15, -0.1) is 11.3 Å². The van der Waals surface area contributed by atoms with E-state index in [-0.39, 0.29) is 18.7 Å². The van der Waals surface area contributed by atoms with Crippen LogP contribution < -0.4 is 16.0 Å². The molecule has 4 N–H and O–H groups in total. The maximum absolute atomic E-state index is 13.0. The number of nitrogens with zero attached hydrogens (tertiary/aromatic N) is 3. The summed E-state index contributed by atoms with van der Waals surface area (Å²) >= 11 is 5.50. The van der Waals surface area contributed by atoms with E-state index in [2.05, 4.69) is 25.9 Å². The second kappa shape index (κ2) is 13.0. The number of rotatable bonds is 9. The number of thiazole rings is 1. The number of hydrogen-bond donors (Lipinski definition) is 4. The van der Waals surface area contributed by atoms with Crippen LogP contribution in [0.4, 0.5) is 10.8 Å². The zero-order valence-corrected chi connectivity index (χ0v) is 24.7. The van der Waals surface area contributed by atoms with Gasteiger partial charge in [0.05, 0.1) is 18.9 Å². The van der Waals surface area contributed by atoms with Crippen LogP contribution in [0.5, 0.6) is 5.75 Å². The molecular formula is C26H20I2N6O3S. The zero-order chi connectivity index (χ0) is 27.1. The third-order valence-corrected chi connectivity index (χ3v) is 7.76. The summed E-state index contributed by atoms with van der Waals surface area (Å²) in [7, 11) is 0. The molecule has 2 aromatic heterocycles. The maximum Gasteiger partial charge on any atom is 0.251 e. The molecule has 4 rings (SSSR count). The Labute approximate surface area is 250 Å². The molecule has 0 spiro atoms. The fraction of sp³-hybridized carbons (Fsp3) is 0.115. The van der Waals surface area contributed by atoms with Crippen molar-refractivity contribution in [3.63, 3.8) is 0 Å². The molecule has 0 aliphatic heterocycles. The highest BCUT2D eigenvalue weighted by molar-refractivity contribution is 14.1. The molecule has 2 amide bonds. The summed E-state index contributed by atoms with van der Waals surface area (Å²) in [5.41, 5.74) is 3.65. The van der Waals surface area contributed by atoms with Crippen LogP contribution in [0.15, 0.2) is 66.3 Å². The minimum Gasteiger partial charge on any atom is -0.506 e.